The van der Waals surface area contributed by atoms with Crippen molar-refractivity contribution in [1.29, 1.82) is 0 Å². The lowest BCUT2D eigenvalue weighted by Gasteiger charge is -2.18. The normalized spacial score (nSPS) is 11.3. The van der Waals surface area contributed by atoms with Crippen LogP contribution in [0.2, 0.25) is 0 Å². The van der Waals surface area contributed by atoms with Crippen LogP contribution in [-0.2, 0) is 4.74 Å². The van der Waals surface area contributed by atoms with Crippen LogP contribution in [-0.4, -0.2) is 21.5 Å². The Kier molecular flexibility index (Phi) is 3.19. The predicted molar refractivity (Wildman–Crippen MR) is 69.2 cm³/mol. The average molecular weight is 244 g/mol. The van der Waals surface area contributed by atoms with Gasteiger partial charge in [0.25, 0.3) is 0 Å². The molecule has 2 rings (SSSR count). The van der Waals surface area contributed by atoms with E-state index in [1.54, 1.807) is 24.7 Å². The van der Waals surface area contributed by atoms with Gasteiger partial charge in [0, 0.05) is 29.7 Å². The van der Waals surface area contributed by atoms with E-state index in [-0.39, 0.29) is 5.97 Å². The second kappa shape index (κ2) is 4.64. The van der Waals surface area contributed by atoms with E-state index < -0.39 is 5.60 Å². The van der Waals surface area contributed by atoms with Gasteiger partial charge < -0.3 is 9.72 Å². The molecule has 0 spiro atoms. The summed E-state index contributed by atoms with van der Waals surface area (Å²) in [6, 6.07) is 5.57. The molecule has 2 heterocycles. The largest absolute Gasteiger partial charge is 0.455 e. The number of carbonyl (C=O) groups excluding carboxylic acids is 1. The minimum atomic E-state index is -0.489. The van der Waals surface area contributed by atoms with Crippen LogP contribution in [0.4, 0.5) is 0 Å². The Labute approximate surface area is 106 Å². The number of hydrogen-bond acceptors (Lipinski definition) is 3. The molecule has 0 atom stereocenters. The van der Waals surface area contributed by atoms with E-state index in [9.17, 15) is 4.79 Å². The number of nitrogens with one attached hydrogen (secondary N) is 1. The topological polar surface area (TPSA) is 55.0 Å². The first-order chi connectivity index (χ1) is 8.46. The molecule has 0 aliphatic carbocycles. The minimum Gasteiger partial charge on any atom is -0.455 e. The molecule has 0 radical (unpaired) electrons. The summed E-state index contributed by atoms with van der Waals surface area (Å²) in [7, 11) is 0. The molecule has 0 amide bonds. The van der Waals surface area contributed by atoms with Crippen molar-refractivity contribution in [2.75, 3.05) is 0 Å². The smallest absolute Gasteiger partial charge is 0.355 e. The van der Waals surface area contributed by atoms with Crippen molar-refractivity contribution >= 4 is 5.97 Å². The molecule has 2 aromatic rings. The van der Waals surface area contributed by atoms with Gasteiger partial charge in [0.1, 0.15) is 11.3 Å². The second-order valence-electron chi connectivity index (χ2n) is 5.05. The van der Waals surface area contributed by atoms with Crippen LogP contribution in [0.25, 0.3) is 11.1 Å². The lowest BCUT2D eigenvalue weighted by Crippen LogP contribution is -2.24. The highest BCUT2D eigenvalue weighted by Crippen LogP contribution is 2.20. The Bertz CT molecular complexity index is 538. The van der Waals surface area contributed by atoms with Crippen LogP contribution in [0.15, 0.2) is 36.8 Å². The van der Waals surface area contributed by atoms with Crippen LogP contribution in [0, 0.1) is 0 Å². The highest BCUT2D eigenvalue weighted by atomic mass is 16.6. The monoisotopic (exact) mass is 244 g/mol. The van der Waals surface area contributed by atoms with Crippen LogP contribution < -0.4 is 0 Å². The summed E-state index contributed by atoms with van der Waals surface area (Å²) in [6.45, 7) is 5.53. The molecule has 4 heteroatoms. The maximum absolute atomic E-state index is 11.8. The quantitative estimate of drug-likeness (QED) is 0.826. The van der Waals surface area contributed by atoms with Gasteiger partial charge in [-0.25, -0.2) is 4.79 Å². The molecule has 0 unspecified atom stereocenters. The Hall–Kier alpha value is -2.10. The molecule has 4 nitrogen and oxygen atoms in total. The van der Waals surface area contributed by atoms with Crippen LogP contribution >= 0.6 is 0 Å². The standard InChI is InChI=1S/C14H16N2O2/c1-14(2,3)18-13(17)12-7-11(9-16-12)10-5-4-6-15-8-10/h4-9,16H,1-3H3. The third kappa shape index (κ3) is 2.97. The third-order valence-electron chi connectivity index (χ3n) is 2.30. The van der Waals surface area contributed by atoms with Crippen molar-refractivity contribution in [2.45, 2.75) is 26.4 Å². The van der Waals surface area contributed by atoms with Crippen LogP contribution in [0.3, 0.4) is 0 Å². The second-order valence-corrected chi connectivity index (χ2v) is 5.05. The van der Waals surface area contributed by atoms with Gasteiger partial charge in [0.2, 0.25) is 0 Å². The Balaban J connectivity index is 2.19. The van der Waals surface area contributed by atoms with E-state index in [0.29, 0.717) is 5.69 Å². The molecular weight excluding hydrogens is 228 g/mol. The molecule has 0 aliphatic rings. The minimum absolute atomic E-state index is 0.349. The van der Waals surface area contributed by atoms with Gasteiger partial charge in [0.05, 0.1) is 0 Å². The first kappa shape index (κ1) is 12.4. The molecule has 0 saturated heterocycles. The maximum Gasteiger partial charge on any atom is 0.355 e. The number of H-pyrrole nitrogens is 1. The number of esters is 1. The first-order valence-electron chi connectivity index (χ1n) is 5.78. The van der Waals surface area contributed by atoms with Crippen molar-refractivity contribution in [3.8, 4) is 11.1 Å². The molecule has 0 bridgehead atoms. The zero-order valence-electron chi connectivity index (χ0n) is 10.7. The van der Waals surface area contributed by atoms with E-state index in [1.165, 1.54) is 0 Å². The molecule has 0 aromatic carbocycles. The summed E-state index contributed by atoms with van der Waals surface area (Å²) in [5, 5.41) is 0. The Morgan fingerprint density at radius 2 is 2.11 bits per heavy atom. The molecule has 94 valence electrons. The molecule has 18 heavy (non-hydrogen) atoms. The summed E-state index contributed by atoms with van der Waals surface area (Å²) in [6.07, 6.45) is 5.24. The number of pyridine rings is 1. The zero-order valence-corrected chi connectivity index (χ0v) is 10.7. The summed E-state index contributed by atoms with van der Waals surface area (Å²) >= 11 is 0. The molecule has 2 aromatic heterocycles. The maximum atomic E-state index is 11.8. The lowest BCUT2D eigenvalue weighted by atomic mass is 10.1. The van der Waals surface area contributed by atoms with E-state index in [0.717, 1.165) is 11.1 Å². The number of rotatable bonds is 2. The Morgan fingerprint density at radius 1 is 1.33 bits per heavy atom. The predicted octanol–water partition coefficient (Wildman–Crippen LogP) is 3.03. The fraction of sp³-hybridized carbons (Fsp3) is 0.286. The van der Waals surface area contributed by atoms with E-state index in [2.05, 4.69) is 9.97 Å². The fourth-order valence-electron chi connectivity index (χ4n) is 1.55. The molecule has 0 aliphatic heterocycles. The number of ether oxygens (including phenoxy) is 1. The molecule has 0 fully saturated rings. The SMILES string of the molecule is CC(C)(C)OC(=O)c1cc(-c2cccnc2)c[nH]1. The third-order valence-corrected chi connectivity index (χ3v) is 2.30. The van der Waals surface area contributed by atoms with Gasteiger partial charge in [-0.15, -0.1) is 0 Å². The average Bonchev–Trinajstić information content (AvgIpc) is 2.77. The van der Waals surface area contributed by atoms with Gasteiger partial charge in [-0.3, -0.25) is 4.98 Å². The highest BCUT2D eigenvalue weighted by Gasteiger charge is 2.19. The van der Waals surface area contributed by atoms with Crippen molar-refractivity contribution in [3.05, 3.63) is 42.5 Å². The van der Waals surface area contributed by atoms with E-state index in [1.807, 2.05) is 32.9 Å². The first-order valence-corrected chi connectivity index (χ1v) is 5.78. The van der Waals surface area contributed by atoms with Crippen molar-refractivity contribution in [1.82, 2.24) is 9.97 Å². The van der Waals surface area contributed by atoms with Gasteiger partial charge in [-0.1, -0.05) is 6.07 Å². The van der Waals surface area contributed by atoms with Crippen LogP contribution in [0.1, 0.15) is 31.3 Å². The number of aromatic amines is 1. The summed E-state index contributed by atoms with van der Waals surface area (Å²) in [5.74, 6) is -0.349. The molecular formula is C14H16N2O2. The number of carbonyl (C=O) groups is 1. The van der Waals surface area contributed by atoms with Gasteiger partial charge in [-0.2, -0.15) is 0 Å². The fourth-order valence-corrected chi connectivity index (χ4v) is 1.55. The van der Waals surface area contributed by atoms with Crippen molar-refractivity contribution < 1.29 is 9.53 Å². The molecule has 0 saturated carbocycles. The number of hydrogen-bond donors (Lipinski definition) is 1. The van der Waals surface area contributed by atoms with Crippen LogP contribution in [0.5, 0.6) is 0 Å². The van der Waals surface area contributed by atoms with Gasteiger partial charge in [0.15, 0.2) is 0 Å². The van der Waals surface area contributed by atoms with Gasteiger partial charge >= 0.3 is 5.97 Å². The van der Waals surface area contributed by atoms with E-state index in [4.69, 9.17) is 4.74 Å². The number of nitrogens with zero attached hydrogens (tertiary/aromatic N) is 1. The zero-order chi connectivity index (χ0) is 13.2. The summed E-state index contributed by atoms with van der Waals surface area (Å²) in [4.78, 5) is 18.8. The van der Waals surface area contributed by atoms with Gasteiger partial charge in [-0.05, 0) is 32.9 Å². The van der Waals surface area contributed by atoms with Crippen molar-refractivity contribution in [3.63, 3.8) is 0 Å². The van der Waals surface area contributed by atoms with E-state index >= 15 is 0 Å². The molecule has 1 N–H and O–H groups in total. The summed E-state index contributed by atoms with van der Waals surface area (Å²) < 4.78 is 5.29. The lowest BCUT2D eigenvalue weighted by molar-refractivity contribution is 0.00636. The Morgan fingerprint density at radius 3 is 2.72 bits per heavy atom. The van der Waals surface area contributed by atoms with Crippen molar-refractivity contribution in [2.24, 2.45) is 0 Å². The highest BCUT2D eigenvalue weighted by molar-refractivity contribution is 5.89. The summed E-state index contributed by atoms with van der Waals surface area (Å²) in [5.41, 5.74) is 1.84. The number of aromatic nitrogens is 2.